The number of hydrogen-bond acceptors (Lipinski definition) is 2. The monoisotopic (exact) mass is 272 g/mol. The molecule has 3 aromatic rings. The lowest BCUT2D eigenvalue weighted by Gasteiger charge is -2.14. The van der Waals surface area contributed by atoms with E-state index in [0.717, 1.165) is 0 Å². The summed E-state index contributed by atoms with van der Waals surface area (Å²) in [6, 6.07) is 9.82. The Bertz CT molecular complexity index is 746. The van der Waals surface area contributed by atoms with Gasteiger partial charge in [-0.3, -0.25) is 4.79 Å². The molecule has 0 fully saturated rings. The minimum Gasteiger partial charge on any atom is -0.467 e. The second-order valence-electron chi connectivity index (χ2n) is 4.62. The van der Waals surface area contributed by atoms with Crippen molar-refractivity contribution in [3.8, 4) is 0 Å². The van der Waals surface area contributed by atoms with Crippen LogP contribution in [0.5, 0.6) is 0 Å². The number of H-pyrrole nitrogens is 1. The Morgan fingerprint density at radius 2 is 2.20 bits per heavy atom. The zero-order chi connectivity index (χ0) is 14.1. The molecule has 0 unspecified atom stereocenters. The number of benzene rings is 1. The van der Waals surface area contributed by atoms with E-state index >= 15 is 0 Å². The van der Waals surface area contributed by atoms with Crippen LogP contribution in [-0.2, 0) is 6.54 Å². The molecule has 0 spiro atoms. The van der Waals surface area contributed by atoms with Crippen molar-refractivity contribution in [2.75, 3.05) is 7.05 Å². The summed E-state index contributed by atoms with van der Waals surface area (Å²) < 4.78 is 18.8. The van der Waals surface area contributed by atoms with Crippen LogP contribution in [0.25, 0.3) is 10.9 Å². The fourth-order valence-electron chi connectivity index (χ4n) is 2.15. The van der Waals surface area contributed by atoms with Gasteiger partial charge in [-0.25, -0.2) is 4.39 Å². The summed E-state index contributed by atoms with van der Waals surface area (Å²) in [7, 11) is 1.67. The molecular weight excluding hydrogens is 259 g/mol. The average Bonchev–Trinajstić information content (AvgIpc) is 3.07. The third kappa shape index (κ3) is 2.18. The van der Waals surface area contributed by atoms with E-state index in [1.165, 1.54) is 17.0 Å². The van der Waals surface area contributed by atoms with Crippen LogP contribution < -0.4 is 0 Å². The number of aromatic amines is 1. The van der Waals surface area contributed by atoms with Crippen LogP contribution >= 0.6 is 0 Å². The molecule has 0 radical (unpaired) electrons. The standard InChI is InChI=1S/C15H13FN2O2/c1-18(9-10-4-3-7-20-10)15(19)14-8-11-12(16)5-2-6-13(11)17-14/h2-8,17H,9H2,1H3. The van der Waals surface area contributed by atoms with Gasteiger partial charge in [0.1, 0.15) is 17.3 Å². The number of halogens is 1. The lowest BCUT2D eigenvalue weighted by atomic mass is 10.2. The van der Waals surface area contributed by atoms with Gasteiger partial charge in [0.15, 0.2) is 0 Å². The van der Waals surface area contributed by atoms with Crippen molar-refractivity contribution in [2.45, 2.75) is 6.54 Å². The summed E-state index contributed by atoms with van der Waals surface area (Å²) in [6.45, 7) is 0.365. The van der Waals surface area contributed by atoms with Gasteiger partial charge in [-0.2, -0.15) is 0 Å². The maximum absolute atomic E-state index is 13.6. The number of carbonyl (C=O) groups excluding carboxylic acids is 1. The number of rotatable bonds is 3. The molecule has 4 nitrogen and oxygen atoms in total. The Balaban J connectivity index is 1.86. The molecule has 3 rings (SSSR count). The molecule has 2 aromatic heterocycles. The van der Waals surface area contributed by atoms with Gasteiger partial charge in [-0.15, -0.1) is 0 Å². The molecule has 5 heteroatoms. The van der Waals surface area contributed by atoms with E-state index in [9.17, 15) is 9.18 Å². The topological polar surface area (TPSA) is 49.2 Å². The van der Waals surface area contributed by atoms with E-state index < -0.39 is 0 Å². The van der Waals surface area contributed by atoms with Gasteiger partial charge in [0, 0.05) is 18.0 Å². The van der Waals surface area contributed by atoms with Crippen molar-refractivity contribution in [3.63, 3.8) is 0 Å². The van der Waals surface area contributed by atoms with Crippen LogP contribution in [0.15, 0.2) is 47.1 Å². The smallest absolute Gasteiger partial charge is 0.270 e. The highest BCUT2D eigenvalue weighted by Gasteiger charge is 2.16. The van der Waals surface area contributed by atoms with E-state index in [4.69, 9.17) is 4.42 Å². The predicted molar refractivity (Wildman–Crippen MR) is 72.8 cm³/mol. The number of carbonyl (C=O) groups is 1. The van der Waals surface area contributed by atoms with E-state index in [2.05, 4.69) is 4.98 Å². The molecule has 1 N–H and O–H groups in total. The van der Waals surface area contributed by atoms with Gasteiger partial charge >= 0.3 is 0 Å². The highest BCUT2D eigenvalue weighted by molar-refractivity contribution is 5.98. The molecule has 0 aliphatic heterocycles. The van der Waals surface area contributed by atoms with Crippen LogP contribution in [0.4, 0.5) is 4.39 Å². The molecule has 0 aliphatic carbocycles. The molecule has 1 amide bonds. The Morgan fingerprint density at radius 3 is 2.90 bits per heavy atom. The third-order valence-corrected chi connectivity index (χ3v) is 3.16. The molecular formula is C15H13FN2O2. The highest BCUT2D eigenvalue weighted by Crippen LogP contribution is 2.19. The van der Waals surface area contributed by atoms with Crippen molar-refractivity contribution in [1.29, 1.82) is 0 Å². The molecule has 0 aliphatic rings. The van der Waals surface area contributed by atoms with Gasteiger partial charge in [-0.05, 0) is 30.3 Å². The first-order valence-electron chi connectivity index (χ1n) is 6.20. The average molecular weight is 272 g/mol. The quantitative estimate of drug-likeness (QED) is 0.796. The molecule has 2 heterocycles. The van der Waals surface area contributed by atoms with Crippen molar-refractivity contribution < 1.29 is 13.6 Å². The number of fused-ring (bicyclic) bond motifs is 1. The Kier molecular flexibility index (Phi) is 3.02. The van der Waals surface area contributed by atoms with E-state index in [1.807, 2.05) is 0 Å². The van der Waals surface area contributed by atoms with Crippen LogP contribution in [0.1, 0.15) is 16.2 Å². The van der Waals surface area contributed by atoms with Gasteiger partial charge in [-0.1, -0.05) is 6.07 Å². The third-order valence-electron chi connectivity index (χ3n) is 3.16. The van der Waals surface area contributed by atoms with E-state index in [-0.39, 0.29) is 11.7 Å². The summed E-state index contributed by atoms with van der Waals surface area (Å²) >= 11 is 0. The molecule has 0 saturated carbocycles. The lowest BCUT2D eigenvalue weighted by Crippen LogP contribution is -2.26. The van der Waals surface area contributed by atoms with Crippen LogP contribution in [0.2, 0.25) is 0 Å². The maximum atomic E-state index is 13.6. The maximum Gasteiger partial charge on any atom is 0.270 e. The Morgan fingerprint density at radius 1 is 1.35 bits per heavy atom. The fourth-order valence-corrected chi connectivity index (χ4v) is 2.15. The minimum absolute atomic E-state index is 0.211. The Hall–Kier alpha value is -2.56. The first-order valence-corrected chi connectivity index (χ1v) is 6.20. The molecule has 0 atom stereocenters. The Labute approximate surface area is 114 Å². The predicted octanol–water partition coefficient (Wildman–Crippen LogP) is 3.17. The number of furan rings is 1. The second kappa shape index (κ2) is 4.85. The molecule has 1 aromatic carbocycles. The summed E-state index contributed by atoms with van der Waals surface area (Å²) in [6.07, 6.45) is 1.56. The van der Waals surface area contributed by atoms with E-state index in [0.29, 0.717) is 28.9 Å². The number of nitrogens with one attached hydrogen (secondary N) is 1. The second-order valence-corrected chi connectivity index (χ2v) is 4.62. The zero-order valence-electron chi connectivity index (χ0n) is 10.9. The molecule has 20 heavy (non-hydrogen) atoms. The largest absolute Gasteiger partial charge is 0.467 e. The van der Waals surface area contributed by atoms with Crippen molar-refractivity contribution in [3.05, 3.63) is 59.9 Å². The summed E-state index contributed by atoms with van der Waals surface area (Å²) in [4.78, 5) is 16.7. The van der Waals surface area contributed by atoms with Gasteiger partial charge in [0.2, 0.25) is 0 Å². The summed E-state index contributed by atoms with van der Waals surface area (Å²) in [5.41, 5.74) is 0.971. The number of aromatic nitrogens is 1. The van der Waals surface area contributed by atoms with E-state index in [1.54, 1.807) is 37.6 Å². The van der Waals surface area contributed by atoms with Crippen LogP contribution in [0.3, 0.4) is 0 Å². The van der Waals surface area contributed by atoms with Crippen molar-refractivity contribution >= 4 is 16.8 Å². The summed E-state index contributed by atoms with van der Waals surface area (Å²) in [5.74, 6) is 0.145. The van der Waals surface area contributed by atoms with Crippen molar-refractivity contribution in [2.24, 2.45) is 0 Å². The normalized spacial score (nSPS) is 10.9. The fraction of sp³-hybridized carbons (Fsp3) is 0.133. The number of nitrogens with zero attached hydrogens (tertiary/aromatic N) is 1. The molecule has 0 bridgehead atoms. The number of hydrogen-bond donors (Lipinski definition) is 1. The first kappa shape index (κ1) is 12.5. The number of amides is 1. The SMILES string of the molecule is CN(Cc1ccco1)C(=O)c1cc2c(F)cccc2[nH]1. The lowest BCUT2D eigenvalue weighted by molar-refractivity contribution is 0.0770. The zero-order valence-corrected chi connectivity index (χ0v) is 10.9. The van der Waals surface area contributed by atoms with Gasteiger partial charge < -0.3 is 14.3 Å². The highest BCUT2D eigenvalue weighted by atomic mass is 19.1. The van der Waals surface area contributed by atoms with Crippen molar-refractivity contribution in [1.82, 2.24) is 9.88 Å². The first-order chi connectivity index (χ1) is 9.65. The molecule has 0 saturated heterocycles. The van der Waals surface area contributed by atoms with Crippen LogP contribution in [0, 0.1) is 5.82 Å². The van der Waals surface area contributed by atoms with Gasteiger partial charge in [0.25, 0.3) is 5.91 Å². The molecule has 102 valence electrons. The summed E-state index contributed by atoms with van der Waals surface area (Å²) in [5, 5.41) is 0.419. The minimum atomic E-state index is -0.341. The van der Waals surface area contributed by atoms with Gasteiger partial charge in [0.05, 0.1) is 12.8 Å². The van der Waals surface area contributed by atoms with Crippen LogP contribution in [-0.4, -0.2) is 22.8 Å².